The quantitative estimate of drug-likeness (QED) is 0.621. The van der Waals surface area contributed by atoms with Gasteiger partial charge in [0, 0.05) is 19.8 Å². The first-order chi connectivity index (χ1) is 12.0. The Morgan fingerprint density at radius 3 is 2.72 bits per heavy atom. The van der Waals surface area contributed by atoms with Crippen LogP contribution >= 0.6 is 34.5 Å². The summed E-state index contributed by atoms with van der Waals surface area (Å²) in [6, 6.07) is 11.0. The Hall–Kier alpha value is -1.95. The van der Waals surface area contributed by atoms with Crippen LogP contribution in [0, 0.1) is 6.92 Å². The normalized spacial score (nSPS) is 10.7. The zero-order valence-electron chi connectivity index (χ0n) is 13.7. The predicted molar refractivity (Wildman–Crippen MR) is 102 cm³/mol. The summed E-state index contributed by atoms with van der Waals surface area (Å²) in [5.74, 6) is -0.103. The number of halogens is 2. The van der Waals surface area contributed by atoms with Crippen LogP contribution in [0.4, 0.5) is 0 Å². The van der Waals surface area contributed by atoms with Crippen molar-refractivity contribution in [2.75, 3.05) is 7.05 Å². The highest BCUT2D eigenvalue weighted by molar-refractivity contribution is 7.17. The van der Waals surface area contributed by atoms with E-state index in [-0.39, 0.29) is 5.91 Å². The summed E-state index contributed by atoms with van der Waals surface area (Å²) in [7, 11) is 1.74. The van der Waals surface area contributed by atoms with Gasteiger partial charge in [0.2, 0.25) is 0 Å². The van der Waals surface area contributed by atoms with Crippen LogP contribution in [-0.2, 0) is 6.54 Å². The lowest BCUT2D eigenvalue weighted by Crippen LogP contribution is -2.26. The number of carbonyl (C=O) groups is 1. The van der Waals surface area contributed by atoms with Gasteiger partial charge in [0.05, 0.1) is 21.4 Å². The Morgan fingerprint density at radius 2 is 2.00 bits per heavy atom. The molecule has 0 atom stereocenters. The number of hydrogen-bond acceptors (Lipinski definition) is 4. The summed E-state index contributed by atoms with van der Waals surface area (Å²) in [4.78, 5) is 23.8. The maximum Gasteiger partial charge on any atom is 0.265 e. The third-order valence-corrected chi connectivity index (χ3v) is 5.69. The number of thiazole rings is 1. The van der Waals surface area contributed by atoms with Crippen molar-refractivity contribution in [3.8, 4) is 10.7 Å². The molecular weight excluding hydrogens is 377 g/mol. The van der Waals surface area contributed by atoms with Gasteiger partial charge in [0.25, 0.3) is 5.91 Å². The number of aryl methyl sites for hydroxylation is 1. The molecule has 0 radical (unpaired) electrons. The highest BCUT2D eigenvalue weighted by atomic mass is 35.5. The van der Waals surface area contributed by atoms with Crippen molar-refractivity contribution in [2.24, 2.45) is 0 Å². The van der Waals surface area contributed by atoms with Crippen molar-refractivity contribution in [1.29, 1.82) is 0 Å². The smallest absolute Gasteiger partial charge is 0.265 e. The Bertz CT molecular complexity index is 912. The van der Waals surface area contributed by atoms with Crippen molar-refractivity contribution < 1.29 is 4.79 Å². The van der Waals surface area contributed by atoms with E-state index >= 15 is 0 Å². The van der Waals surface area contributed by atoms with Crippen LogP contribution in [0.25, 0.3) is 10.7 Å². The van der Waals surface area contributed by atoms with Crippen molar-refractivity contribution in [1.82, 2.24) is 14.9 Å². The van der Waals surface area contributed by atoms with Gasteiger partial charge in [0.1, 0.15) is 9.88 Å². The lowest BCUT2D eigenvalue weighted by atomic mass is 10.2. The average molecular weight is 392 g/mol. The number of hydrogen-bond donors (Lipinski definition) is 0. The highest BCUT2D eigenvalue weighted by Crippen LogP contribution is 2.29. The molecule has 0 N–H and O–H groups in total. The molecule has 2 aromatic heterocycles. The minimum atomic E-state index is -0.103. The molecule has 1 aromatic carbocycles. The van der Waals surface area contributed by atoms with Crippen LogP contribution in [0.5, 0.6) is 0 Å². The molecule has 3 rings (SSSR count). The molecule has 0 saturated carbocycles. The van der Waals surface area contributed by atoms with E-state index in [1.54, 1.807) is 24.2 Å². The Morgan fingerprint density at radius 1 is 1.20 bits per heavy atom. The number of benzene rings is 1. The highest BCUT2D eigenvalue weighted by Gasteiger charge is 2.21. The third kappa shape index (κ3) is 3.84. The number of rotatable bonds is 4. The Kier molecular flexibility index (Phi) is 5.37. The maximum atomic E-state index is 12.8. The zero-order chi connectivity index (χ0) is 18.0. The molecule has 4 nitrogen and oxygen atoms in total. The van der Waals surface area contributed by atoms with Crippen LogP contribution in [0.3, 0.4) is 0 Å². The molecule has 0 bridgehead atoms. The van der Waals surface area contributed by atoms with Crippen molar-refractivity contribution in [2.45, 2.75) is 13.5 Å². The van der Waals surface area contributed by atoms with Gasteiger partial charge in [0.15, 0.2) is 0 Å². The minimum Gasteiger partial charge on any atom is -0.337 e. The lowest BCUT2D eigenvalue weighted by molar-refractivity contribution is 0.0789. The van der Waals surface area contributed by atoms with E-state index in [9.17, 15) is 4.79 Å². The first-order valence-electron chi connectivity index (χ1n) is 7.54. The molecule has 2 heterocycles. The predicted octanol–water partition coefficient (Wildman–Crippen LogP) is 5.09. The Balaban J connectivity index is 1.83. The lowest BCUT2D eigenvalue weighted by Gasteiger charge is -2.17. The van der Waals surface area contributed by atoms with Crippen LogP contribution in [0.1, 0.15) is 20.9 Å². The molecular formula is C18H15Cl2N3OS. The fourth-order valence-corrected chi connectivity index (χ4v) is 3.78. The van der Waals surface area contributed by atoms with E-state index in [0.717, 1.165) is 16.3 Å². The first kappa shape index (κ1) is 17.9. The van der Waals surface area contributed by atoms with E-state index in [2.05, 4.69) is 9.97 Å². The van der Waals surface area contributed by atoms with Crippen LogP contribution in [0.15, 0.2) is 42.6 Å². The number of pyridine rings is 1. The van der Waals surface area contributed by atoms with Gasteiger partial charge in [-0.2, -0.15) is 0 Å². The fraction of sp³-hybridized carbons (Fsp3) is 0.167. The summed E-state index contributed by atoms with van der Waals surface area (Å²) in [5, 5.41) is 1.68. The van der Waals surface area contributed by atoms with Crippen molar-refractivity contribution in [3.63, 3.8) is 0 Å². The van der Waals surface area contributed by atoms with Gasteiger partial charge in [-0.05, 0) is 30.7 Å². The second-order valence-electron chi connectivity index (χ2n) is 5.52. The molecule has 0 aliphatic rings. The average Bonchev–Trinajstić information content (AvgIpc) is 3.01. The van der Waals surface area contributed by atoms with E-state index in [1.807, 2.05) is 37.3 Å². The first-order valence-corrected chi connectivity index (χ1v) is 9.12. The molecule has 0 aliphatic heterocycles. The van der Waals surface area contributed by atoms with E-state index in [1.165, 1.54) is 11.3 Å². The molecule has 0 saturated heterocycles. The van der Waals surface area contributed by atoms with Crippen LogP contribution in [0.2, 0.25) is 10.0 Å². The topological polar surface area (TPSA) is 46.1 Å². The van der Waals surface area contributed by atoms with Crippen molar-refractivity contribution >= 4 is 40.4 Å². The second kappa shape index (κ2) is 7.52. The molecule has 0 unspecified atom stereocenters. The summed E-state index contributed by atoms with van der Waals surface area (Å²) in [6.45, 7) is 2.20. The van der Waals surface area contributed by atoms with Gasteiger partial charge in [-0.1, -0.05) is 41.4 Å². The summed E-state index contributed by atoms with van der Waals surface area (Å²) in [5.41, 5.74) is 2.26. The van der Waals surface area contributed by atoms with Gasteiger partial charge in [-0.25, -0.2) is 4.98 Å². The summed E-state index contributed by atoms with van der Waals surface area (Å²) < 4.78 is 0. The molecule has 7 heteroatoms. The number of carbonyl (C=O) groups excluding carboxylic acids is 1. The summed E-state index contributed by atoms with van der Waals surface area (Å²) in [6.07, 6.45) is 1.71. The van der Waals surface area contributed by atoms with E-state index in [4.69, 9.17) is 23.2 Å². The SMILES string of the molecule is Cc1nc(-c2ccccn2)sc1C(=O)N(C)Cc1cccc(Cl)c1Cl. The van der Waals surface area contributed by atoms with E-state index in [0.29, 0.717) is 27.2 Å². The molecule has 3 aromatic rings. The van der Waals surface area contributed by atoms with Crippen molar-refractivity contribution in [3.05, 3.63) is 68.8 Å². The van der Waals surface area contributed by atoms with E-state index < -0.39 is 0 Å². The molecule has 25 heavy (non-hydrogen) atoms. The van der Waals surface area contributed by atoms with Gasteiger partial charge < -0.3 is 4.90 Å². The minimum absolute atomic E-state index is 0.103. The maximum absolute atomic E-state index is 12.8. The van der Waals surface area contributed by atoms with Gasteiger partial charge in [-0.3, -0.25) is 9.78 Å². The number of nitrogens with zero attached hydrogens (tertiary/aromatic N) is 3. The third-order valence-electron chi connectivity index (χ3n) is 3.66. The van der Waals surface area contributed by atoms with Crippen LogP contribution < -0.4 is 0 Å². The molecule has 0 aliphatic carbocycles. The molecule has 0 fully saturated rings. The fourth-order valence-electron chi connectivity index (χ4n) is 2.36. The Labute approximate surface area is 160 Å². The standard InChI is InChI=1S/C18H15Cl2N3OS/c1-11-16(25-17(22-11)14-8-3-4-9-21-14)18(24)23(2)10-12-6-5-7-13(19)15(12)20/h3-9H,10H2,1-2H3. The monoisotopic (exact) mass is 391 g/mol. The largest absolute Gasteiger partial charge is 0.337 e. The van der Waals surface area contributed by atoms with Gasteiger partial charge >= 0.3 is 0 Å². The van der Waals surface area contributed by atoms with Crippen LogP contribution in [-0.4, -0.2) is 27.8 Å². The second-order valence-corrected chi connectivity index (χ2v) is 7.31. The number of aromatic nitrogens is 2. The molecule has 128 valence electrons. The molecule has 1 amide bonds. The number of amides is 1. The molecule has 0 spiro atoms. The van der Waals surface area contributed by atoms with Gasteiger partial charge in [-0.15, -0.1) is 11.3 Å². The zero-order valence-corrected chi connectivity index (χ0v) is 16.0. The summed E-state index contributed by atoms with van der Waals surface area (Å²) >= 11 is 13.6.